The predicted molar refractivity (Wildman–Crippen MR) is 242 cm³/mol. The van der Waals surface area contributed by atoms with Crippen LogP contribution in [0.5, 0.6) is 0 Å². The van der Waals surface area contributed by atoms with E-state index in [1.54, 1.807) is 14.0 Å². The molecule has 2 atom stereocenters. The Morgan fingerprint density at radius 3 is 1.60 bits per heavy atom. The number of nitrogens with two attached hydrogens (primary N) is 1. The number of ketones is 1. The SMILES string of the molecule is CCC(=O)NCCOCCOCC(=O)NCCCC[C@H](CC)C(N)=O.COCCOCCCC(=O)CC[C@H](NC(=O)CCCCCCCCCCCCCCCCC(=O)O)C(=O)O. The van der Waals surface area contributed by atoms with Crippen molar-refractivity contribution in [2.75, 3.05) is 66.4 Å². The number of nitrogens with one attached hydrogen (secondary N) is 3. The Morgan fingerprint density at radius 2 is 1.06 bits per heavy atom. The van der Waals surface area contributed by atoms with Crippen LogP contribution in [-0.4, -0.2) is 124 Å². The van der Waals surface area contributed by atoms with Gasteiger partial charge < -0.3 is 50.8 Å². The van der Waals surface area contributed by atoms with E-state index in [9.17, 15) is 38.7 Å². The molecular weight excluding hydrogens is 817 g/mol. The zero-order chi connectivity index (χ0) is 47.2. The van der Waals surface area contributed by atoms with Crippen molar-refractivity contribution in [3.63, 3.8) is 0 Å². The maximum absolute atomic E-state index is 12.2. The summed E-state index contributed by atoms with van der Waals surface area (Å²) in [5.41, 5.74) is 5.28. The van der Waals surface area contributed by atoms with E-state index in [-0.39, 0.29) is 61.2 Å². The maximum Gasteiger partial charge on any atom is 0.326 e. The number of hydrogen-bond acceptors (Lipinski definition) is 11. The minimum atomic E-state index is -1.11. The summed E-state index contributed by atoms with van der Waals surface area (Å²) < 4.78 is 20.7. The summed E-state index contributed by atoms with van der Waals surface area (Å²) in [6.45, 7) is 7.35. The highest BCUT2D eigenvalue weighted by Crippen LogP contribution is 2.14. The number of amides is 4. The van der Waals surface area contributed by atoms with Gasteiger partial charge in [0.05, 0.1) is 33.0 Å². The van der Waals surface area contributed by atoms with Gasteiger partial charge in [-0.25, -0.2) is 4.79 Å². The molecule has 0 aromatic heterocycles. The fraction of sp³-hybridized carbons (Fsp3) is 0.848. The van der Waals surface area contributed by atoms with Crippen LogP contribution in [0, 0.1) is 5.92 Å². The smallest absolute Gasteiger partial charge is 0.326 e. The first-order valence-corrected chi connectivity index (χ1v) is 23.7. The summed E-state index contributed by atoms with van der Waals surface area (Å²) >= 11 is 0. The van der Waals surface area contributed by atoms with Gasteiger partial charge in [0.2, 0.25) is 23.6 Å². The number of methoxy groups -OCH3 is 1. The molecule has 0 rings (SSSR count). The number of carbonyl (C=O) groups is 7. The number of carboxylic acid groups (broad SMARTS) is 2. The minimum Gasteiger partial charge on any atom is -0.481 e. The highest BCUT2D eigenvalue weighted by Gasteiger charge is 2.21. The molecule has 0 bridgehead atoms. The van der Waals surface area contributed by atoms with E-state index in [1.807, 2.05) is 6.92 Å². The lowest BCUT2D eigenvalue weighted by Crippen LogP contribution is -2.41. The highest BCUT2D eigenvalue weighted by molar-refractivity contribution is 5.84. The third kappa shape index (κ3) is 46.1. The molecule has 0 heterocycles. The second-order valence-corrected chi connectivity index (χ2v) is 15.8. The molecule has 17 heteroatoms. The van der Waals surface area contributed by atoms with Crippen LogP contribution in [0.4, 0.5) is 0 Å². The number of unbranched alkanes of at least 4 members (excludes halogenated alkanes) is 14. The zero-order valence-electron chi connectivity index (χ0n) is 39.2. The topological polar surface area (TPSA) is 259 Å². The predicted octanol–water partition coefficient (Wildman–Crippen LogP) is 6.02. The third-order valence-electron chi connectivity index (χ3n) is 10.3. The van der Waals surface area contributed by atoms with Crippen LogP contribution in [0.15, 0.2) is 0 Å². The van der Waals surface area contributed by atoms with Crippen LogP contribution in [0.3, 0.4) is 0 Å². The third-order valence-corrected chi connectivity index (χ3v) is 10.3. The van der Waals surface area contributed by atoms with Crippen LogP contribution in [0.25, 0.3) is 0 Å². The number of hydrogen-bond donors (Lipinski definition) is 6. The van der Waals surface area contributed by atoms with Gasteiger partial charge in [-0.1, -0.05) is 97.3 Å². The minimum absolute atomic E-state index is 0.00337. The number of Topliss-reactive ketones (excluding diaryl/α,β-unsaturated/α-hetero) is 1. The quantitative estimate of drug-likeness (QED) is 0.0383. The summed E-state index contributed by atoms with van der Waals surface area (Å²) in [4.78, 5) is 79.7. The first-order valence-electron chi connectivity index (χ1n) is 23.7. The van der Waals surface area contributed by atoms with E-state index in [0.29, 0.717) is 78.4 Å². The van der Waals surface area contributed by atoms with Crippen LogP contribution >= 0.6 is 0 Å². The number of carboxylic acids is 2. The summed E-state index contributed by atoms with van der Waals surface area (Å²) in [6, 6.07) is -1.03. The van der Waals surface area contributed by atoms with E-state index >= 15 is 0 Å². The van der Waals surface area contributed by atoms with E-state index in [2.05, 4.69) is 16.0 Å². The normalized spacial score (nSPS) is 11.8. The lowest BCUT2D eigenvalue weighted by atomic mass is 9.99. The first kappa shape index (κ1) is 61.4. The molecule has 0 aromatic carbocycles. The van der Waals surface area contributed by atoms with E-state index in [1.165, 1.54) is 44.9 Å². The van der Waals surface area contributed by atoms with Gasteiger partial charge in [0, 0.05) is 64.8 Å². The largest absolute Gasteiger partial charge is 0.481 e. The molecule has 0 fully saturated rings. The lowest BCUT2D eigenvalue weighted by Gasteiger charge is -2.14. The molecule has 0 aromatic rings. The fourth-order valence-electron chi connectivity index (χ4n) is 6.37. The molecule has 0 aliphatic rings. The molecule has 0 aliphatic carbocycles. The zero-order valence-corrected chi connectivity index (χ0v) is 39.2. The van der Waals surface area contributed by atoms with Gasteiger partial charge in [0.25, 0.3) is 0 Å². The van der Waals surface area contributed by atoms with Crippen molar-refractivity contribution in [3.8, 4) is 0 Å². The number of primary amides is 1. The number of ether oxygens (including phenoxy) is 4. The first-order chi connectivity index (χ1) is 30.4. The van der Waals surface area contributed by atoms with Crippen molar-refractivity contribution in [3.05, 3.63) is 0 Å². The van der Waals surface area contributed by atoms with E-state index in [4.69, 9.17) is 29.8 Å². The van der Waals surface area contributed by atoms with Crippen LogP contribution in [0.2, 0.25) is 0 Å². The van der Waals surface area contributed by atoms with Crippen molar-refractivity contribution in [1.29, 1.82) is 0 Å². The number of rotatable bonds is 45. The lowest BCUT2D eigenvalue weighted by molar-refractivity contribution is -0.142. The standard InChI is InChI=1S/C29H53NO8.C17H33N3O5/c1-37-23-24-38-22-16-17-25(31)20-21-26(29(35)36)30-27(32)18-14-12-10-8-6-4-2-3-5-7-9-11-13-15-19-28(33)34;1-3-14(17(18)23)7-5-6-8-19-16(22)13-25-12-11-24-10-9-20-15(21)4-2/h26H,2-24H2,1H3,(H,30,32)(H,33,34)(H,35,36);14H,3-13H2,1-2H3,(H2,18,23)(H,19,22)(H,20,21)/t26-;14-/m00/s1. The Labute approximate surface area is 377 Å². The molecule has 368 valence electrons. The van der Waals surface area contributed by atoms with Gasteiger partial charge >= 0.3 is 11.9 Å². The van der Waals surface area contributed by atoms with Gasteiger partial charge in [-0.05, 0) is 44.9 Å². The molecular formula is C46H86N4O13. The van der Waals surface area contributed by atoms with Crippen molar-refractivity contribution >= 4 is 41.4 Å². The Kier molecular flexibility index (Phi) is 45.2. The molecule has 0 saturated heterocycles. The second-order valence-electron chi connectivity index (χ2n) is 15.8. The summed E-state index contributed by atoms with van der Waals surface area (Å²) in [5, 5.41) is 26.0. The average molecular weight is 903 g/mol. The van der Waals surface area contributed by atoms with Gasteiger partial charge in [-0.3, -0.25) is 28.8 Å². The molecule has 0 unspecified atom stereocenters. The van der Waals surface area contributed by atoms with E-state index < -0.39 is 18.0 Å². The molecule has 7 N–H and O–H groups in total. The summed E-state index contributed by atoms with van der Waals surface area (Å²) in [7, 11) is 1.59. The summed E-state index contributed by atoms with van der Waals surface area (Å²) in [6.07, 6.45) is 20.9. The van der Waals surface area contributed by atoms with Gasteiger partial charge in [-0.15, -0.1) is 0 Å². The fourth-order valence-corrected chi connectivity index (χ4v) is 6.37. The van der Waals surface area contributed by atoms with Gasteiger partial charge in [0.15, 0.2) is 0 Å². The van der Waals surface area contributed by atoms with Gasteiger partial charge in [-0.2, -0.15) is 0 Å². The maximum atomic E-state index is 12.2. The Hall–Kier alpha value is -3.67. The van der Waals surface area contributed by atoms with Crippen molar-refractivity contribution < 1.29 is 62.7 Å². The molecule has 0 saturated carbocycles. The molecule has 0 aliphatic heterocycles. The number of carbonyl (C=O) groups excluding carboxylic acids is 5. The van der Waals surface area contributed by atoms with E-state index in [0.717, 1.165) is 70.6 Å². The Morgan fingerprint density at radius 1 is 0.524 bits per heavy atom. The molecule has 0 radical (unpaired) electrons. The van der Waals surface area contributed by atoms with Crippen molar-refractivity contribution in [1.82, 2.24) is 16.0 Å². The molecule has 4 amide bonds. The van der Waals surface area contributed by atoms with Crippen molar-refractivity contribution in [2.45, 2.75) is 180 Å². The Balaban J connectivity index is 0. The summed E-state index contributed by atoms with van der Waals surface area (Å²) in [5.74, 6) is -2.60. The van der Waals surface area contributed by atoms with Crippen LogP contribution < -0.4 is 21.7 Å². The monoisotopic (exact) mass is 903 g/mol. The number of aliphatic carboxylic acids is 2. The molecule has 63 heavy (non-hydrogen) atoms. The van der Waals surface area contributed by atoms with Gasteiger partial charge in [0.1, 0.15) is 18.4 Å². The van der Waals surface area contributed by atoms with Crippen LogP contribution in [0.1, 0.15) is 174 Å². The molecule has 17 nitrogen and oxygen atoms in total. The average Bonchev–Trinajstić information content (AvgIpc) is 3.25. The second kappa shape index (κ2) is 46.3. The Bertz CT molecular complexity index is 1190. The van der Waals surface area contributed by atoms with Crippen molar-refractivity contribution in [2.24, 2.45) is 11.7 Å². The molecule has 0 spiro atoms. The van der Waals surface area contributed by atoms with Crippen LogP contribution in [-0.2, 0) is 52.5 Å². The highest BCUT2D eigenvalue weighted by atomic mass is 16.5.